The maximum absolute atomic E-state index is 13.6. The predicted molar refractivity (Wildman–Crippen MR) is 154 cm³/mol. The maximum atomic E-state index is 13.6. The van der Waals surface area contributed by atoms with Crippen LogP contribution in [0.1, 0.15) is 55.5 Å². The van der Waals surface area contributed by atoms with Crippen LogP contribution in [0.25, 0.3) is 0 Å². The summed E-state index contributed by atoms with van der Waals surface area (Å²) >= 11 is 0. The third kappa shape index (κ3) is 6.47. The van der Waals surface area contributed by atoms with Gasteiger partial charge in [0, 0.05) is 24.7 Å². The molecule has 224 valence electrons. The number of esters is 1. The van der Waals surface area contributed by atoms with Gasteiger partial charge in [0.2, 0.25) is 5.95 Å². The summed E-state index contributed by atoms with van der Waals surface area (Å²) in [6.45, 7) is 6.26. The van der Waals surface area contributed by atoms with Crippen LogP contribution < -0.4 is 15.9 Å². The number of halogens is 3. The van der Waals surface area contributed by atoms with Crippen LogP contribution in [0.3, 0.4) is 0 Å². The molecule has 0 saturated carbocycles. The van der Waals surface area contributed by atoms with E-state index in [-0.39, 0.29) is 22.9 Å². The smallest absolute Gasteiger partial charge is 0.416 e. The Kier molecular flexibility index (Phi) is 9.36. The second kappa shape index (κ2) is 13.0. The number of anilines is 2. The SMILES string of the molecule is C/C=C\C=C(\C)[NH2+]CCCc1cc(C#N)ccc1[C@@H]1C(C(=O)OC)=C(C)N(c2cccc(C(F)(F)F)c2)c2n[nH]c(=O)n21. The van der Waals surface area contributed by atoms with Gasteiger partial charge in [0.15, 0.2) is 0 Å². The summed E-state index contributed by atoms with van der Waals surface area (Å²) in [5.74, 6) is -0.750. The molecule has 0 unspecified atom stereocenters. The number of aromatic amines is 1. The van der Waals surface area contributed by atoms with Crippen LogP contribution in [0.15, 0.2) is 82.5 Å². The highest BCUT2D eigenvalue weighted by Gasteiger charge is 2.41. The Morgan fingerprint density at radius 3 is 2.70 bits per heavy atom. The first-order valence-electron chi connectivity index (χ1n) is 13.6. The highest BCUT2D eigenvalue weighted by atomic mass is 19.4. The van der Waals surface area contributed by atoms with E-state index in [0.717, 1.165) is 36.4 Å². The minimum atomic E-state index is -4.61. The lowest BCUT2D eigenvalue weighted by Gasteiger charge is -2.36. The van der Waals surface area contributed by atoms with Crippen LogP contribution in [-0.4, -0.2) is 34.4 Å². The van der Waals surface area contributed by atoms with Crippen molar-refractivity contribution in [2.24, 2.45) is 0 Å². The van der Waals surface area contributed by atoms with Gasteiger partial charge in [-0.05, 0) is 67.8 Å². The number of carbonyl (C=O) groups is 1. The van der Waals surface area contributed by atoms with Crippen LogP contribution in [0.2, 0.25) is 0 Å². The number of nitrogens with one attached hydrogen (secondary N) is 1. The number of hydrogen-bond donors (Lipinski definition) is 2. The number of H-pyrrole nitrogens is 1. The van der Waals surface area contributed by atoms with E-state index in [1.807, 2.05) is 32.1 Å². The van der Waals surface area contributed by atoms with E-state index >= 15 is 0 Å². The third-order valence-corrected chi connectivity index (χ3v) is 7.21. The zero-order valence-corrected chi connectivity index (χ0v) is 24.2. The Morgan fingerprint density at radius 2 is 2.02 bits per heavy atom. The molecule has 43 heavy (non-hydrogen) atoms. The van der Waals surface area contributed by atoms with E-state index in [1.54, 1.807) is 25.1 Å². The number of ether oxygens (including phenoxy) is 1. The number of aryl methyl sites for hydroxylation is 1. The molecule has 0 spiro atoms. The fourth-order valence-corrected chi connectivity index (χ4v) is 5.18. The van der Waals surface area contributed by atoms with Crippen molar-refractivity contribution in [2.45, 2.75) is 45.8 Å². The van der Waals surface area contributed by atoms with E-state index in [1.165, 1.54) is 28.7 Å². The van der Waals surface area contributed by atoms with Crippen molar-refractivity contribution in [1.82, 2.24) is 14.8 Å². The molecule has 0 amide bonds. The molecule has 1 aromatic heterocycles. The highest BCUT2D eigenvalue weighted by Crippen LogP contribution is 2.43. The molecule has 0 bridgehead atoms. The lowest BCUT2D eigenvalue weighted by atomic mass is 9.88. The van der Waals surface area contributed by atoms with Gasteiger partial charge in [0.1, 0.15) is 11.7 Å². The monoisotopic (exact) mass is 593 g/mol. The summed E-state index contributed by atoms with van der Waals surface area (Å²) in [6.07, 6.45) is 2.53. The topological polar surface area (TPSA) is 121 Å². The molecule has 1 aliphatic rings. The zero-order chi connectivity index (χ0) is 31.3. The van der Waals surface area contributed by atoms with Gasteiger partial charge in [-0.1, -0.05) is 24.3 Å². The van der Waals surface area contributed by atoms with Gasteiger partial charge in [0.05, 0.1) is 36.4 Å². The molecule has 0 fully saturated rings. The van der Waals surface area contributed by atoms with Gasteiger partial charge in [-0.15, -0.1) is 5.10 Å². The highest BCUT2D eigenvalue weighted by molar-refractivity contribution is 5.93. The summed E-state index contributed by atoms with van der Waals surface area (Å²) in [5, 5.41) is 18.3. The summed E-state index contributed by atoms with van der Waals surface area (Å²) in [7, 11) is 1.20. The zero-order valence-electron chi connectivity index (χ0n) is 24.2. The number of methoxy groups -OCH3 is 1. The van der Waals surface area contributed by atoms with Crippen LogP contribution in [-0.2, 0) is 22.1 Å². The first kappa shape index (κ1) is 31.1. The van der Waals surface area contributed by atoms with Crippen molar-refractivity contribution >= 4 is 17.6 Å². The van der Waals surface area contributed by atoms with Crippen LogP contribution in [0.4, 0.5) is 24.8 Å². The van der Waals surface area contributed by atoms with Gasteiger partial charge in [-0.2, -0.15) is 18.4 Å². The van der Waals surface area contributed by atoms with E-state index in [9.17, 15) is 28.0 Å². The van der Waals surface area contributed by atoms with Gasteiger partial charge in [-0.25, -0.2) is 19.3 Å². The molecule has 4 rings (SSSR count). The largest absolute Gasteiger partial charge is 0.466 e. The molecular weight excluding hydrogens is 561 g/mol. The van der Waals surface area contributed by atoms with E-state index in [0.29, 0.717) is 17.5 Å². The van der Waals surface area contributed by atoms with Crippen LogP contribution >= 0.6 is 0 Å². The number of quaternary nitrogens is 1. The summed E-state index contributed by atoms with van der Waals surface area (Å²) in [5.41, 5.74) is 1.63. The quantitative estimate of drug-likeness (QED) is 0.212. The molecule has 0 radical (unpaired) electrons. The molecule has 1 aliphatic heterocycles. The van der Waals surface area contributed by atoms with Gasteiger partial charge in [-0.3, -0.25) is 4.90 Å². The molecule has 12 heteroatoms. The molecule has 2 heterocycles. The lowest BCUT2D eigenvalue weighted by molar-refractivity contribution is -0.606. The number of aromatic nitrogens is 3. The molecule has 1 atom stereocenters. The minimum Gasteiger partial charge on any atom is -0.466 e. The number of fused-ring (bicyclic) bond motifs is 1. The molecule has 3 N–H and O–H groups in total. The maximum Gasteiger partial charge on any atom is 0.416 e. The number of nitriles is 1. The average Bonchev–Trinajstić information content (AvgIpc) is 3.37. The van der Waals surface area contributed by atoms with Crippen molar-refractivity contribution in [3.63, 3.8) is 0 Å². The fourth-order valence-electron chi connectivity index (χ4n) is 5.18. The second-order valence-electron chi connectivity index (χ2n) is 10.0. The Bertz CT molecular complexity index is 1710. The Labute approximate surface area is 246 Å². The number of carbonyl (C=O) groups excluding carboxylic acids is 1. The van der Waals surface area contributed by atoms with Crippen molar-refractivity contribution in [1.29, 1.82) is 5.26 Å². The predicted octanol–water partition coefficient (Wildman–Crippen LogP) is 4.63. The van der Waals surface area contributed by atoms with Gasteiger partial charge in [0.25, 0.3) is 0 Å². The number of nitrogens with zero attached hydrogens (tertiary/aromatic N) is 4. The number of rotatable bonds is 9. The molecule has 2 aromatic carbocycles. The Morgan fingerprint density at radius 1 is 1.26 bits per heavy atom. The van der Waals surface area contributed by atoms with Crippen molar-refractivity contribution in [2.75, 3.05) is 18.6 Å². The van der Waals surface area contributed by atoms with E-state index < -0.39 is 29.4 Å². The number of nitrogens with two attached hydrogens (primary N) is 1. The van der Waals surface area contributed by atoms with Crippen molar-refractivity contribution in [3.05, 3.63) is 110 Å². The van der Waals surface area contributed by atoms with E-state index in [4.69, 9.17) is 4.74 Å². The van der Waals surface area contributed by atoms with Crippen LogP contribution in [0, 0.1) is 11.3 Å². The Balaban J connectivity index is 1.85. The van der Waals surface area contributed by atoms with Crippen molar-refractivity contribution in [3.8, 4) is 6.07 Å². The van der Waals surface area contributed by atoms with Crippen LogP contribution in [0.5, 0.6) is 0 Å². The normalized spacial score (nSPS) is 15.5. The summed E-state index contributed by atoms with van der Waals surface area (Å²) in [4.78, 5) is 28.0. The number of hydrogen-bond acceptors (Lipinski definition) is 6. The number of allylic oxidation sites excluding steroid dienone is 5. The first-order valence-corrected chi connectivity index (χ1v) is 13.6. The minimum absolute atomic E-state index is 0.00728. The van der Waals surface area contributed by atoms with Crippen molar-refractivity contribution < 1.29 is 28.0 Å². The fraction of sp³-hybridized carbons (Fsp3) is 0.290. The molecule has 0 aliphatic carbocycles. The number of benzene rings is 2. The van der Waals surface area contributed by atoms with Gasteiger partial charge >= 0.3 is 17.8 Å². The average molecular weight is 594 g/mol. The number of alkyl halides is 3. The third-order valence-electron chi connectivity index (χ3n) is 7.21. The molecule has 9 nitrogen and oxygen atoms in total. The van der Waals surface area contributed by atoms with Gasteiger partial charge < -0.3 is 10.1 Å². The lowest BCUT2D eigenvalue weighted by Crippen LogP contribution is -2.81. The van der Waals surface area contributed by atoms with E-state index in [2.05, 4.69) is 21.6 Å². The second-order valence-corrected chi connectivity index (χ2v) is 10.0. The Hall–Kier alpha value is -4.89. The molecule has 3 aromatic rings. The summed E-state index contributed by atoms with van der Waals surface area (Å²) in [6, 6.07) is 10.7. The first-order chi connectivity index (χ1) is 20.5. The molecular formula is C31H32F3N6O3+. The standard InChI is InChI=1S/C31H31F3N6O3/c1-5-6-9-19(2)36-15-8-10-22-16-21(18-35)13-14-25(22)27-26(28(41)43-4)20(3)39(29-37-38-30(42)40(27)29)24-12-7-11-23(17-24)31(32,33)34/h5-7,9,11-14,16-17,27,36H,8,10,15H2,1-4H3,(H,38,42)/p+1/b6-5-,19-9-/t27-/m1/s1. The molecule has 0 saturated heterocycles. The summed E-state index contributed by atoms with van der Waals surface area (Å²) < 4.78 is 47.2.